The van der Waals surface area contributed by atoms with Crippen molar-refractivity contribution >= 4 is 6.72 Å². The van der Waals surface area contributed by atoms with Crippen molar-refractivity contribution in [2.75, 3.05) is 0 Å². The quantitative estimate of drug-likeness (QED) is 0.334. The van der Waals surface area contributed by atoms with E-state index >= 15 is 0 Å². The fourth-order valence-electron chi connectivity index (χ4n) is 0. The van der Waals surface area contributed by atoms with Gasteiger partial charge in [-0.25, -0.2) is 0 Å². The van der Waals surface area contributed by atoms with Crippen molar-refractivity contribution in [3.63, 3.8) is 0 Å². The molecule has 0 N–H and O–H groups in total. The van der Waals surface area contributed by atoms with E-state index in [0.717, 1.165) is 0 Å². The van der Waals surface area contributed by atoms with Gasteiger partial charge in [0.25, 0.3) is 0 Å². The molecule has 0 aromatic heterocycles. The van der Waals surface area contributed by atoms with Crippen LogP contribution in [0.15, 0.2) is 6.58 Å². The molecular formula is C4H6NW+. The van der Waals surface area contributed by atoms with Crippen LogP contribution in [0.3, 0.4) is 0 Å². The standard InChI is InChI=1S/C3H4.CH2N.W/c1-3-2;1-2;/h1-2H2;1H2;/q;-1;+2. The molecule has 32 valence electrons. The van der Waals surface area contributed by atoms with E-state index in [1.807, 2.05) is 0 Å². The first-order valence-corrected chi connectivity index (χ1v) is 2.52. The van der Waals surface area contributed by atoms with Crippen LogP contribution in [0, 0.1) is 13.0 Å². The number of nitrogens with zero attached hydrogens (tertiary/aromatic N) is 1. The van der Waals surface area contributed by atoms with Crippen LogP contribution < -0.4 is 3.17 Å². The molecule has 0 aliphatic heterocycles. The normalized spacial score (nSPS) is 2.67. The van der Waals surface area contributed by atoms with Crippen LogP contribution in [-0.4, -0.2) is 6.72 Å². The van der Waals surface area contributed by atoms with E-state index in [4.69, 9.17) is 0 Å². The molecule has 0 unspecified atom stereocenters. The first kappa shape index (κ1) is 9.25. The summed E-state index contributed by atoms with van der Waals surface area (Å²) in [7, 11) is 0. The molecule has 0 fully saturated rings. The Morgan fingerprint density at radius 3 is 1.83 bits per heavy atom. The maximum atomic E-state index is 3.33. The zero-order valence-corrected chi connectivity index (χ0v) is 6.41. The molecule has 2 heteroatoms. The van der Waals surface area contributed by atoms with Crippen LogP contribution in [0.2, 0.25) is 0 Å². The van der Waals surface area contributed by atoms with Crippen molar-refractivity contribution < 1.29 is 19.6 Å². The Bertz CT molecular complexity index is 52.6. The summed E-state index contributed by atoms with van der Waals surface area (Å²) >= 11 is 1.19. The van der Waals surface area contributed by atoms with Gasteiger partial charge >= 0.3 is 29.5 Å². The second kappa shape index (κ2) is 21.5. The van der Waals surface area contributed by atoms with Crippen molar-refractivity contribution in [1.29, 1.82) is 0 Å². The number of hydrogen-bond donors (Lipinski definition) is 0. The molecule has 0 spiro atoms. The third-order valence-electron chi connectivity index (χ3n) is 0. The van der Waals surface area contributed by atoms with Crippen molar-refractivity contribution in [2.45, 2.75) is 0 Å². The van der Waals surface area contributed by atoms with Gasteiger partial charge in [0.2, 0.25) is 0 Å². The molecule has 0 radical (unpaired) electrons. The number of allylic oxidation sites excluding steroid dienone is 1. The molecule has 0 aliphatic rings. The third-order valence-corrected chi connectivity index (χ3v) is 0. The number of hydrogen-bond acceptors (Lipinski definition) is 0. The molecule has 0 atom stereocenters. The van der Waals surface area contributed by atoms with E-state index in [1.54, 1.807) is 0 Å². The van der Waals surface area contributed by atoms with E-state index in [9.17, 15) is 0 Å². The van der Waals surface area contributed by atoms with Gasteiger partial charge in [0.15, 0.2) is 0 Å². The second-order valence-corrected chi connectivity index (χ2v) is 1.31. The van der Waals surface area contributed by atoms with Gasteiger partial charge in [-0.15, -0.1) is 0 Å². The van der Waals surface area contributed by atoms with Crippen LogP contribution in [0.1, 0.15) is 0 Å². The van der Waals surface area contributed by atoms with E-state index in [-0.39, 0.29) is 0 Å². The van der Waals surface area contributed by atoms with Crippen LogP contribution in [0.5, 0.6) is 0 Å². The summed E-state index contributed by atoms with van der Waals surface area (Å²) in [6, 6.07) is 0. The predicted molar refractivity (Wildman–Crippen MR) is 23.5 cm³/mol. The molecule has 0 amide bonds. The summed E-state index contributed by atoms with van der Waals surface area (Å²) in [5.41, 5.74) is 0. The Kier molecular flexibility index (Phi) is 33.1. The Balaban J connectivity index is 0. The van der Waals surface area contributed by atoms with Gasteiger partial charge in [-0.3, -0.25) is 0 Å². The summed E-state index contributed by atoms with van der Waals surface area (Å²) < 4.78 is 3.33. The molecule has 0 heterocycles. The van der Waals surface area contributed by atoms with Crippen molar-refractivity contribution in [2.24, 2.45) is 0 Å². The first-order valence-electron chi connectivity index (χ1n) is 1.21. The maximum absolute atomic E-state index is 3.33. The van der Waals surface area contributed by atoms with Gasteiger partial charge in [0, 0.05) is 19.6 Å². The summed E-state index contributed by atoms with van der Waals surface area (Å²) in [5, 5.41) is 0. The number of rotatable bonds is 0. The zero-order chi connectivity index (χ0) is 5.41. The molecular weight excluding hydrogens is 246 g/mol. The second-order valence-electron chi connectivity index (χ2n) is 0.379. The van der Waals surface area contributed by atoms with Crippen molar-refractivity contribution in [1.82, 2.24) is 3.17 Å². The molecule has 0 bridgehead atoms. The van der Waals surface area contributed by atoms with E-state index in [1.165, 1.54) is 19.6 Å². The Morgan fingerprint density at radius 2 is 1.83 bits per heavy atom. The molecule has 0 rings (SSSR count). The molecule has 6 heavy (non-hydrogen) atoms. The Labute approximate surface area is 49.6 Å². The zero-order valence-electron chi connectivity index (χ0n) is 3.48. The molecule has 1 nitrogen and oxygen atoms in total. The fourth-order valence-corrected chi connectivity index (χ4v) is 0. The average Bonchev–Trinajstić information content (AvgIpc) is 1.39. The van der Waals surface area contributed by atoms with Gasteiger partial charge in [-0.05, 0) is 0 Å². The molecule has 0 saturated heterocycles. The molecule has 0 aromatic rings. The molecule has 0 aliphatic carbocycles. The Morgan fingerprint density at radius 1 is 1.83 bits per heavy atom. The summed E-state index contributed by atoms with van der Waals surface area (Å²) in [6.07, 6.45) is 2.25. The molecule has 0 saturated carbocycles. The Hall–Kier alpha value is -0.212. The van der Waals surface area contributed by atoms with Gasteiger partial charge in [-0.1, -0.05) is 0 Å². The monoisotopic (exact) mass is 252 g/mol. The SMILES string of the molecule is C=[C+][CH2-].C=[N+]=[W]. The van der Waals surface area contributed by atoms with Crippen LogP contribution in [0.25, 0.3) is 0 Å². The van der Waals surface area contributed by atoms with Gasteiger partial charge in [-0.2, -0.15) is 0 Å². The summed E-state index contributed by atoms with van der Waals surface area (Å²) in [6.45, 7) is 9.40. The van der Waals surface area contributed by atoms with Gasteiger partial charge in [0.05, 0.1) is 0 Å². The van der Waals surface area contributed by atoms with E-state index in [0.29, 0.717) is 0 Å². The van der Waals surface area contributed by atoms with Crippen LogP contribution in [-0.2, 0) is 19.6 Å². The minimum absolute atomic E-state index is 1.19. The average molecular weight is 252 g/mol. The summed E-state index contributed by atoms with van der Waals surface area (Å²) in [4.78, 5) is 0. The topological polar surface area (TPSA) is 14.1 Å². The van der Waals surface area contributed by atoms with Gasteiger partial charge in [0.1, 0.15) is 0 Å². The van der Waals surface area contributed by atoms with E-state index in [2.05, 4.69) is 29.5 Å². The third kappa shape index (κ3) is 657. The van der Waals surface area contributed by atoms with Crippen molar-refractivity contribution in [3.05, 3.63) is 19.6 Å². The van der Waals surface area contributed by atoms with E-state index < -0.39 is 0 Å². The summed E-state index contributed by atoms with van der Waals surface area (Å²) in [5.74, 6) is 0. The molecule has 0 aromatic carbocycles. The van der Waals surface area contributed by atoms with Crippen LogP contribution in [0.4, 0.5) is 0 Å². The fraction of sp³-hybridized carbons (Fsp3) is 0. The van der Waals surface area contributed by atoms with Gasteiger partial charge < -0.3 is 0 Å². The predicted octanol–water partition coefficient (Wildman–Crippen LogP) is 0.294. The minimum atomic E-state index is 1.19. The first-order chi connectivity index (χ1) is 2.83. The van der Waals surface area contributed by atoms with Crippen LogP contribution >= 0.6 is 0 Å². The van der Waals surface area contributed by atoms with Crippen molar-refractivity contribution in [3.8, 4) is 0 Å².